The Hall–Kier alpha value is -1.20. The van der Waals surface area contributed by atoms with E-state index < -0.39 is 24.3 Å². The van der Waals surface area contributed by atoms with Gasteiger partial charge in [0.25, 0.3) is 0 Å². The smallest absolute Gasteiger partial charge is 0.248 e. The summed E-state index contributed by atoms with van der Waals surface area (Å²) in [5.41, 5.74) is 0. The molecule has 0 aromatic rings. The van der Waals surface area contributed by atoms with Crippen LogP contribution in [0.4, 0.5) is 8.78 Å². The van der Waals surface area contributed by atoms with Crippen molar-refractivity contribution in [3.05, 3.63) is 0 Å². The van der Waals surface area contributed by atoms with Crippen LogP contribution in [0.15, 0.2) is 0 Å². The Kier molecular flexibility index (Phi) is 18.3. The molecule has 0 rings (SSSR count). The van der Waals surface area contributed by atoms with Gasteiger partial charge in [0.2, 0.25) is 0 Å². The van der Waals surface area contributed by atoms with Crippen LogP contribution in [0.5, 0.6) is 0 Å². The molecule has 0 fully saturated rings. The van der Waals surface area contributed by atoms with Crippen LogP contribution in [-0.4, -0.2) is 24.3 Å². The Morgan fingerprint density at radius 3 is 1.18 bits per heavy atom. The van der Waals surface area contributed by atoms with Gasteiger partial charge in [-0.05, 0) is 39.5 Å². The van der Waals surface area contributed by atoms with Crippen molar-refractivity contribution < 1.29 is 28.1 Å². The van der Waals surface area contributed by atoms with Gasteiger partial charge in [0, 0.05) is 0 Å². The van der Waals surface area contributed by atoms with Gasteiger partial charge in [-0.15, -0.1) is 0 Å². The van der Waals surface area contributed by atoms with Crippen LogP contribution in [0.2, 0.25) is 0 Å². The summed E-state index contributed by atoms with van der Waals surface area (Å²) < 4.78 is 25.2. The maximum absolute atomic E-state index is 12.6. The molecule has 0 aliphatic rings. The monoisotopic (exact) mass is 406 g/mol. The van der Waals surface area contributed by atoms with Crippen molar-refractivity contribution in [3.63, 3.8) is 0 Å². The van der Waals surface area contributed by atoms with Crippen molar-refractivity contribution >= 4 is 11.9 Å². The van der Waals surface area contributed by atoms with E-state index in [1.165, 1.54) is 0 Å². The molecular formula is C22H40F2O4. The summed E-state index contributed by atoms with van der Waals surface area (Å²) in [6.07, 6.45) is 11.5. The highest BCUT2D eigenvalue weighted by Crippen LogP contribution is 2.12. The summed E-state index contributed by atoms with van der Waals surface area (Å²) >= 11 is 0. The number of halogens is 2. The van der Waals surface area contributed by atoms with Gasteiger partial charge in [-0.3, -0.25) is 0 Å². The van der Waals surface area contributed by atoms with Crippen LogP contribution in [0.1, 0.15) is 117 Å². The predicted octanol–water partition coefficient (Wildman–Crippen LogP) is 6.95. The molecule has 0 bridgehead atoms. The first-order valence-electron chi connectivity index (χ1n) is 11.1. The van der Waals surface area contributed by atoms with Gasteiger partial charge in [-0.25, -0.2) is 28.1 Å². The highest BCUT2D eigenvalue weighted by Gasteiger charge is 2.09. The molecule has 2 atom stereocenters. The Balaban J connectivity index is 3.36. The number of hydrogen-bond donors (Lipinski definition) is 0. The SMILES string of the molecule is CC(F)CCCCCCCCC(=O)OOC(=O)CCCCCCCCC(C)F. The van der Waals surface area contributed by atoms with Gasteiger partial charge in [-0.1, -0.05) is 64.2 Å². The Bertz CT molecular complexity index is 351. The summed E-state index contributed by atoms with van der Waals surface area (Å²) in [6.45, 7) is 3.16. The van der Waals surface area contributed by atoms with Crippen LogP contribution in [0.25, 0.3) is 0 Å². The lowest BCUT2D eigenvalue weighted by Gasteiger charge is -2.05. The van der Waals surface area contributed by atoms with Crippen molar-refractivity contribution in [2.75, 3.05) is 0 Å². The van der Waals surface area contributed by atoms with Gasteiger partial charge < -0.3 is 0 Å². The van der Waals surface area contributed by atoms with Crippen molar-refractivity contribution in [3.8, 4) is 0 Å². The molecule has 0 heterocycles. The molecule has 2 unspecified atom stereocenters. The molecule has 0 saturated heterocycles. The van der Waals surface area contributed by atoms with Gasteiger partial charge in [-0.2, -0.15) is 0 Å². The van der Waals surface area contributed by atoms with Gasteiger partial charge in [0.1, 0.15) is 0 Å². The first-order chi connectivity index (χ1) is 13.4. The minimum absolute atomic E-state index is 0.242. The van der Waals surface area contributed by atoms with Crippen molar-refractivity contribution in [2.45, 2.75) is 129 Å². The summed E-state index contributed by atoms with van der Waals surface area (Å²) in [7, 11) is 0. The third-order valence-electron chi connectivity index (χ3n) is 4.69. The number of hydrogen-bond acceptors (Lipinski definition) is 4. The van der Waals surface area contributed by atoms with E-state index in [-0.39, 0.29) is 12.8 Å². The summed E-state index contributed by atoms with van der Waals surface area (Å²) in [6, 6.07) is 0. The quantitative estimate of drug-likeness (QED) is 0.140. The number of alkyl halides is 2. The zero-order valence-electron chi connectivity index (χ0n) is 17.9. The lowest BCUT2D eigenvalue weighted by atomic mass is 10.1. The fourth-order valence-electron chi connectivity index (χ4n) is 2.98. The van der Waals surface area contributed by atoms with Crippen molar-refractivity contribution in [1.82, 2.24) is 0 Å². The van der Waals surface area contributed by atoms with E-state index in [4.69, 9.17) is 0 Å². The van der Waals surface area contributed by atoms with Crippen molar-refractivity contribution in [1.29, 1.82) is 0 Å². The van der Waals surface area contributed by atoms with Crippen LogP contribution < -0.4 is 0 Å². The number of rotatable bonds is 18. The third-order valence-corrected chi connectivity index (χ3v) is 4.69. The molecule has 0 N–H and O–H groups in total. The predicted molar refractivity (Wildman–Crippen MR) is 107 cm³/mol. The standard InChI is InChI=1S/C22H40F2O4/c1-19(23)15-11-7-3-5-9-13-17-21(25)27-28-22(26)18-14-10-6-4-8-12-16-20(2)24/h19-20H,3-18H2,1-2H3. The minimum atomic E-state index is -0.722. The number of unbranched alkanes of at least 4 members (excludes halogenated alkanes) is 10. The van der Waals surface area contributed by atoms with E-state index in [1.807, 2.05) is 0 Å². The van der Waals surface area contributed by atoms with E-state index in [0.29, 0.717) is 25.7 Å². The van der Waals surface area contributed by atoms with Crippen LogP contribution in [-0.2, 0) is 19.4 Å². The second-order valence-corrected chi connectivity index (χ2v) is 7.79. The zero-order valence-corrected chi connectivity index (χ0v) is 17.9. The molecule has 0 aromatic carbocycles. The van der Waals surface area contributed by atoms with E-state index >= 15 is 0 Å². The van der Waals surface area contributed by atoms with Crippen molar-refractivity contribution in [2.24, 2.45) is 0 Å². The molecular weight excluding hydrogens is 366 g/mol. The van der Waals surface area contributed by atoms with E-state index in [2.05, 4.69) is 9.78 Å². The molecule has 0 saturated carbocycles. The second kappa shape index (κ2) is 19.1. The summed E-state index contributed by atoms with van der Waals surface area (Å²) in [5, 5.41) is 0. The molecule has 0 aliphatic carbocycles. The molecule has 4 nitrogen and oxygen atoms in total. The Morgan fingerprint density at radius 2 is 0.857 bits per heavy atom. The first kappa shape index (κ1) is 26.8. The second-order valence-electron chi connectivity index (χ2n) is 7.79. The molecule has 0 aromatic heterocycles. The highest BCUT2D eigenvalue weighted by molar-refractivity contribution is 5.72. The number of carbonyl (C=O) groups is 2. The maximum Gasteiger partial charge on any atom is 0.355 e. The largest absolute Gasteiger partial charge is 0.355 e. The molecule has 0 amide bonds. The van der Waals surface area contributed by atoms with Crippen LogP contribution in [0.3, 0.4) is 0 Å². The molecule has 6 heteroatoms. The maximum atomic E-state index is 12.6. The van der Waals surface area contributed by atoms with Gasteiger partial charge in [0.05, 0.1) is 25.2 Å². The zero-order chi connectivity index (χ0) is 21.0. The highest BCUT2D eigenvalue weighted by atomic mass is 19.1. The number of carbonyl (C=O) groups excluding carboxylic acids is 2. The Morgan fingerprint density at radius 1 is 0.571 bits per heavy atom. The van der Waals surface area contributed by atoms with E-state index in [1.54, 1.807) is 13.8 Å². The summed E-state index contributed by atoms with van der Waals surface area (Å²) in [5.74, 6) is -1.02. The summed E-state index contributed by atoms with van der Waals surface area (Å²) in [4.78, 5) is 32.1. The fourth-order valence-corrected chi connectivity index (χ4v) is 2.98. The fraction of sp³-hybridized carbons (Fsp3) is 0.909. The molecule has 0 aliphatic heterocycles. The van der Waals surface area contributed by atoms with E-state index in [0.717, 1.165) is 64.2 Å². The average molecular weight is 407 g/mol. The lowest BCUT2D eigenvalue weighted by molar-refractivity contribution is -0.259. The topological polar surface area (TPSA) is 52.6 Å². The first-order valence-corrected chi connectivity index (χ1v) is 11.1. The van der Waals surface area contributed by atoms with Crippen LogP contribution >= 0.6 is 0 Å². The van der Waals surface area contributed by atoms with Crippen LogP contribution in [0, 0.1) is 0 Å². The van der Waals surface area contributed by atoms with Gasteiger partial charge in [0.15, 0.2) is 0 Å². The molecule has 0 spiro atoms. The molecule has 0 radical (unpaired) electrons. The average Bonchev–Trinajstić information content (AvgIpc) is 2.63. The van der Waals surface area contributed by atoms with E-state index in [9.17, 15) is 18.4 Å². The Labute approximate surface area is 169 Å². The van der Waals surface area contributed by atoms with Gasteiger partial charge >= 0.3 is 11.9 Å². The normalized spacial score (nSPS) is 13.1. The third kappa shape index (κ3) is 21.1. The minimum Gasteiger partial charge on any atom is -0.248 e. The lowest BCUT2D eigenvalue weighted by Crippen LogP contribution is -2.11. The molecule has 166 valence electrons. The molecule has 28 heavy (non-hydrogen) atoms.